The molecule has 0 fully saturated rings. The normalized spacial score (nSPS) is 11.3. The van der Waals surface area contributed by atoms with Crippen LogP contribution >= 0.6 is 11.6 Å². The molecule has 2 amide bonds. The number of nitrogens with one attached hydrogen (secondary N) is 2. The number of rotatable bonds is 4. The lowest BCUT2D eigenvalue weighted by Gasteiger charge is -2.14. The Morgan fingerprint density at radius 3 is 2.55 bits per heavy atom. The number of carboxylic acids is 1. The Morgan fingerprint density at radius 2 is 2.00 bits per heavy atom. The van der Waals surface area contributed by atoms with Crippen LogP contribution in [-0.4, -0.2) is 36.2 Å². The molecule has 0 aliphatic heterocycles. The smallest absolute Gasteiger partial charge is 0.339 e. The molecule has 0 radical (unpaired) electrons. The van der Waals surface area contributed by atoms with Gasteiger partial charge in [-0.05, 0) is 19.1 Å². The van der Waals surface area contributed by atoms with Gasteiger partial charge in [0.2, 0.25) is 0 Å². The summed E-state index contributed by atoms with van der Waals surface area (Å²) < 4.78 is 4.45. The maximum absolute atomic E-state index is 11.7. The highest BCUT2D eigenvalue weighted by molar-refractivity contribution is 6.34. The van der Waals surface area contributed by atoms with Gasteiger partial charge in [-0.25, -0.2) is 14.4 Å². The number of ether oxygens (including phenoxy) is 1. The van der Waals surface area contributed by atoms with Crippen LogP contribution in [0.5, 0.6) is 0 Å². The van der Waals surface area contributed by atoms with Crippen LogP contribution in [0, 0.1) is 0 Å². The van der Waals surface area contributed by atoms with E-state index in [9.17, 15) is 14.4 Å². The first-order chi connectivity index (χ1) is 9.36. The summed E-state index contributed by atoms with van der Waals surface area (Å²) in [6, 6.07) is 2.66. The van der Waals surface area contributed by atoms with E-state index in [0.717, 1.165) is 0 Å². The summed E-state index contributed by atoms with van der Waals surface area (Å²) in [6.07, 6.45) is 0. The van der Waals surface area contributed by atoms with E-state index in [1.54, 1.807) is 0 Å². The fourth-order valence-electron chi connectivity index (χ4n) is 1.44. The summed E-state index contributed by atoms with van der Waals surface area (Å²) in [5, 5.41) is 13.7. The Kier molecular flexibility index (Phi) is 5.33. The number of carbonyl (C=O) groups is 3. The summed E-state index contributed by atoms with van der Waals surface area (Å²) in [6.45, 7) is 1.43. The van der Waals surface area contributed by atoms with Crippen LogP contribution in [0.3, 0.4) is 0 Å². The van der Waals surface area contributed by atoms with E-state index < -0.39 is 24.0 Å². The first-order valence-corrected chi connectivity index (χ1v) is 5.91. The highest BCUT2D eigenvalue weighted by atomic mass is 35.5. The topological polar surface area (TPSA) is 105 Å². The van der Waals surface area contributed by atoms with Crippen LogP contribution in [-0.2, 0) is 9.53 Å². The molecule has 0 saturated heterocycles. The van der Waals surface area contributed by atoms with E-state index in [1.807, 2.05) is 0 Å². The van der Waals surface area contributed by atoms with Crippen molar-refractivity contribution in [2.45, 2.75) is 13.0 Å². The van der Waals surface area contributed by atoms with Crippen LogP contribution in [0.1, 0.15) is 17.3 Å². The Balaban J connectivity index is 2.84. The minimum absolute atomic E-state index is 0.00341. The molecular weight excluding hydrogens is 288 g/mol. The Morgan fingerprint density at radius 1 is 1.35 bits per heavy atom. The molecule has 0 heterocycles. The van der Waals surface area contributed by atoms with Gasteiger partial charge in [0.1, 0.15) is 11.6 Å². The summed E-state index contributed by atoms with van der Waals surface area (Å²) in [5.74, 6) is -1.89. The lowest BCUT2D eigenvalue weighted by atomic mass is 10.2. The molecule has 0 aromatic heterocycles. The number of esters is 1. The fraction of sp³-hybridized carbons (Fsp3) is 0.250. The number of halogens is 1. The number of anilines is 1. The Labute approximate surface area is 119 Å². The zero-order chi connectivity index (χ0) is 15.3. The van der Waals surface area contributed by atoms with Crippen molar-refractivity contribution in [2.75, 3.05) is 12.4 Å². The molecule has 3 N–H and O–H groups in total. The van der Waals surface area contributed by atoms with Crippen LogP contribution < -0.4 is 10.6 Å². The van der Waals surface area contributed by atoms with Gasteiger partial charge in [0, 0.05) is 0 Å². The van der Waals surface area contributed by atoms with E-state index in [-0.39, 0.29) is 16.3 Å². The maximum Gasteiger partial charge on any atom is 0.339 e. The van der Waals surface area contributed by atoms with Crippen molar-refractivity contribution < 1.29 is 24.2 Å². The third-order valence-corrected chi connectivity index (χ3v) is 2.69. The van der Waals surface area contributed by atoms with E-state index >= 15 is 0 Å². The number of methoxy groups -OCH3 is 1. The van der Waals surface area contributed by atoms with Crippen LogP contribution in [0.25, 0.3) is 0 Å². The van der Waals surface area contributed by atoms with Gasteiger partial charge in [-0.3, -0.25) is 0 Å². The number of hydrogen-bond donors (Lipinski definition) is 3. The van der Waals surface area contributed by atoms with E-state index in [1.165, 1.54) is 32.2 Å². The van der Waals surface area contributed by atoms with Gasteiger partial charge in [-0.2, -0.15) is 0 Å². The lowest BCUT2D eigenvalue weighted by molar-refractivity contribution is -0.142. The molecule has 0 spiro atoms. The van der Waals surface area contributed by atoms with Crippen molar-refractivity contribution in [2.24, 2.45) is 0 Å². The van der Waals surface area contributed by atoms with Gasteiger partial charge in [-0.1, -0.05) is 17.7 Å². The molecule has 1 rings (SSSR count). The van der Waals surface area contributed by atoms with Crippen molar-refractivity contribution in [3.63, 3.8) is 0 Å². The van der Waals surface area contributed by atoms with Gasteiger partial charge in [-0.15, -0.1) is 0 Å². The van der Waals surface area contributed by atoms with E-state index in [0.29, 0.717) is 0 Å². The molecule has 1 atom stereocenters. The van der Waals surface area contributed by atoms with E-state index in [4.69, 9.17) is 16.7 Å². The molecule has 8 heteroatoms. The molecule has 20 heavy (non-hydrogen) atoms. The fourth-order valence-corrected chi connectivity index (χ4v) is 1.69. The van der Waals surface area contributed by atoms with Gasteiger partial charge in [0.25, 0.3) is 0 Å². The number of hydrogen-bond acceptors (Lipinski definition) is 4. The molecule has 0 bridgehead atoms. The molecule has 108 valence electrons. The van der Waals surface area contributed by atoms with Gasteiger partial charge >= 0.3 is 18.0 Å². The second kappa shape index (κ2) is 6.76. The standard InChI is InChI=1S/C12H13ClN2O5/c1-6(11(18)20-2)14-12(19)15-8-5-3-4-7(13)9(8)10(16)17/h3-6H,1-2H3,(H,16,17)(H2,14,15,19). The molecule has 0 saturated carbocycles. The molecule has 1 aromatic rings. The Bertz CT molecular complexity index is 547. The average Bonchev–Trinajstić information content (AvgIpc) is 2.36. The Hall–Kier alpha value is -2.28. The summed E-state index contributed by atoms with van der Waals surface area (Å²) in [5.41, 5.74) is -0.199. The largest absolute Gasteiger partial charge is 0.478 e. The quantitative estimate of drug-likeness (QED) is 0.734. The van der Waals surface area contributed by atoms with Crippen molar-refractivity contribution >= 4 is 35.3 Å². The third kappa shape index (κ3) is 3.86. The molecule has 1 unspecified atom stereocenters. The van der Waals surface area contributed by atoms with Crippen LogP contribution in [0.4, 0.5) is 10.5 Å². The second-order valence-electron chi connectivity index (χ2n) is 3.81. The minimum atomic E-state index is -1.27. The lowest BCUT2D eigenvalue weighted by Crippen LogP contribution is -2.41. The van der Waals surface area contributed by atoms with Gasteiger partial charge in [0.15, 0.2) is 0 Å². The molecule has 7 nitrogen and oxygen atoms in total. The summed E-state index contributed by atoms with van der Waals surface area (Å²) in [7, 11) is 1.19. The number of urea groups is 1. The maximum atomic E-state index is 11.7. The minimum Gasteiger partial charge on any atom is -0.478 e. The third-order valence-electron chi connectivity index (χ3n) is 2.38. The first kappa shape index (κ1) is 15.8. The number of aromatic carboxylic acids is 1. The highest BCUT2D eigenvalue weighted by Gasteiger charge is 2.19. The predicted molar refractivity (Wildman–Crippen MR) is 72.0 cm³/mol. The van der Waals surface area contributed by atoms with Crippen LogP contribution in [0.15, 0.2) is 18.2 Å². The van der Waals surface area contributed by atoms with Gasteiger partial charge < -0.3 is 20.5 Å². The number of carbonyl (C=O) groups excluding carboxylic acids is 2. The highest BCUT2D eigenvalue weighted by Crippen LogP contribution is 2.24. The van der Waals surface area contributed by atoms with Gasteiger partial charge in [0.05, 0.1) is 17.8 Å². The van der Waals surface area contributed by atoms with Crippen molar-refractivity contribution in [3.8, 4) is 0 Å². The molecule has 1 aromatic carbocycles. The van der Waals surface area contributed by atoms with Crippen molar-refractivity contribution in [3.05, 3.63) is 28.8 Å². The number of amides is 2. The van der Waals surface area contributed by atoms with Crippen LogP contribution in [0.2, 0.25) is 5.02 Å². The molecule has 0 aliphatic carbocycles. The zero-order valence-corrected chi connectivity index (χ0v) is 11.5. The first-order valence-electron chi connectivity index (χ1n) is 5.54. The van der Waals surface area contributed by atoms with Crippen molar-refractivity contribution in [1.29, 1.82) is 0 Å². The SMILES string of the molecule is COC(=O)C(C)NC(=O)Nc1cccc(Cl)c1C(=O)O. The summed E-state index contributed by atoms with van der Waals surface area (Å²) in [4.78, 5) is 33.9. The zero-order valence-electron chi connectivity index (χ0n) is 10.8. The number of benzene rings is 1. The van der Waals surface area contributed by atoms with E-state index in [2.05, 4.69) is 15.4 Å². The average molecular weight is 301 g/mol. The second-order valence-corrected chi connectivity index (χ2v) is 4.22. The van der Waals surface area contributed by atoms with Crippen molar-refractivity contribution in [1.82, 2.24) is 5.32 Å². The predicted octanol–water partition coefficient (Wildman–Crippen LogP) is 1.72. The molecular formula is C12H13ClN2O5. The molecule has 0 aliphatic rings. The number of carboxylic acid groups (broad SMARTS) is 1. The monoisotopic (exact) mass is 300 g/mol. The summed E-state index contributed by atoms with van der Waals surface area (Å²) >= 11 is 5.76.